The normalized spacial score (nSPS) is 17.9. The second kappa shape index (κ2) is 6.97. The third-order valence-corrected chi connectivity index (χ3v) is 3.45. The van der Waals surface area contributed by atoms with Gasteiger partial charge in [0.25, 0.3) is 5.91 Å². The number of nitrogens with two attached hydrogens (primary N) is 1. The molecule has 0 saturated carbocycles. The fourth-order valence-electron chi connectivity index (χ4n) is 2.15. The Morgan fingerprint density at radius 1 is 1.30 bits per heavy atom. The average Bonchev–Trinajstić information content (AvgIpc) is 2.52. The van der Waals surface area contributed by atoms with Gasteiger partial charge >= 0.3 is 12.1 Å². The molecule has 0 aromatic heterocycles. The number of benzene rings is 1. The van der Waals surface area contributed by atoms with Gasteiger partial charge in [0, 0.05) is 11.7 Å². The van der Waals surface area contributed by atoms with E-state index in [2.05, 4.69) is 10.5 Å². The zero-order valence-electron chi connectivity index (χ0n) is 12.6. The maximum absolute atomic E-state index is 12.4. The summed E-state index contributed by atoms with van der Waals surface area (Å²) in [5.41, 5.74) is 7.72. The molecule has 3 N–H and O–H groups in total. The molecule has 1 atom stereocenters. The Hall–Kier alpha value is -2.81. The molecule has 0 bridgehead atoms. The van der Waals surface area contributed by atoms with Gasteiger partial charge in [-0.3, -0.25) is 15.4 Å². The van der Waals surface area contributed by atoms with Gasteiger partial charge in [0.15, 0.2) is 6.29 Å². The average molecular weight is 319 g/mol. The van der Waals surface area contributed by atoms with Crippen LogP contribution >= 0.6 is 0 Å². The molecule has 9 nitrogen and oxygen atoms in total. The lowest BCUT2D eigenvalue weighted by molar-refractivity contribution is -0.118. The molecule has 1 aliphatic rings. The standard InChI is InChI=1S/C14H17N5O4/c1-9-2-4-10(5-3-9)8-19-12(15)16-13(21)18(14(19)22)7-6-11(20)17-23/h2-5,12H,6-8,15H2,1H3,(H,16,21). The van der Waals surface area contributed by atoms with E-state index in [1.807, 2.05) is 31.2 Å². The highest BCUT2D eigenvalue weighted by Gasteiger charge is 2.36. The van der Waals surface area contributed by atoms with E-state index < -0.39 is 24.3 Å². The van der Waals surface area contributed by atoms with E-state index >= 15 is 0 Å². The smallest absolute Gasteiger partial charge is 0.305 e. The van der Waals surface area contributed by atoms with Crippen LogP contribution in [0.4, 0.5) is 9.59 Å². The first-order valence-electron chi connectivity index (χ1n) is 6.98. The zero-order chi connectivity index (χ0) is 17.0. The lowest BCUT2D eigenvalue weighted by Gasteiger charge is -2.39. The van der Waals surface area contributed by atoms with Gasteiger partial charge in [-0.05, 0) is 12.5 Å². The molecule has 1 heterocycles. The Morgan fingerprint density at radius 3 is 2.57 bits per heavy atom. The van der Waals surface area contributed by atoms with E-state index in [4.69, 9.17) is 5.73 Å². The Kier molecular flexibility index (Phi) is 5.02. The van der Waals surface area contributed by atoms with Crippen molar-refractivity contribution in [3.63, 3.8) is 0 Å². The van der Waals surface area contributed by atoms with E-state index in [1.165, 1.54) is 4.90 Å². The number of hydrogen-bond acceptors (Lipinski definition) is 5. The zero-order valence-corrected chi connectivity index (χ0v) is 12.6. The lowest BCUT2D eigenvalue weighted by atomic mass is 10.1. The number of urea groups is 2. The van der Waals surface area contributed by atoms with Crippen LogP contribution in [-0.2, 0) is 11.3 Å². The summed E-state index contributed by atoms with van der Waals surface area (Å²) in [4.78, 5) is 47.4. The van der Waals surface area contributed by atoms with Crippen molar-refractivity contribution < 1.29 is 14.4 Å². The number of carbonyl (C=O) groups is 3. The number of aryl methyl sites for hydroxylation is 1. The van der Waals surface area contributed by atoms with Crippen LogP contribution in [0.25, 0.3) is 0 Å². The summed E-state index contributed by atoms with van der Waals surface area (Å²) in [6.45, 7) is 1.92. The molecule has 0 radical (unpaired) electrons. The van der Waals surface area contributed by atoms with Crippen LogP contribution in [0.1, 0.15) is 17.5 Å². The van der Waals surface area contributed by atoms with E-state index in [0.29, 0.717) is 0 Å². The molecule has 1 aromatic rings. The quantitative estimate of drug-likeness (QED) is 0.779. The van der Waals surface area contributed by atoms with E-state index in [-0.39, 0.29) is 19.5 Å². The number of amides is 5. The SMILES string of the molecule is Cc1ccc(CN2C(=O)N(CCC(=O)N=O)C(=O)NC2N)cc1. The fourth-order valence-corrected chi connectivity index (χ4v) is 2.15. The van der Waals surface area contributed by atoms with Gasteiger partial charge in [0.05, 0.1) is 13.0 Å². The molecule has 1 fully saturated rings. The molecule has 0 aliphatic carbocycles. The molecule has 122 valence electrons. The van der Waals surface area contributed by atoms with Crippen molar-refractivity contribution in [2.24, 2.45) is 10.9 Å². The van der Waals surface area contributed by atoms with Crippen molar-refractivity contribution in [3.8, 4) is 0 Å². The minimum absolute atomic E-state index is 0.205. The van der Waals surface area contributed by atoms with Crippen LogP contribution in [0.15, 0.2) is 29.4 Å². The van der Waals surface area contributed by atoms with Crippen LogP contribution in [0.5, 0.6) is 0 Å². The van der Waals surface area contributed by atoms with E-state index in [0.717, 1.165) is 16.0 Å². The van der Waals surface area contributed by atoms with Crippen molar-refractivity contribution >= 4 is 18.0 Å². The summed E-state index contributed by atoms with van der Waals surface area (Å²) in [6.07, 6.45) is -1.29. The number of imide groups is 1. The van der Waals surface area contributed by atoms with Crippen LogP contribution in [0, 0.1) is 11.8 Å². The first-order valence-corrected chi connectivity index (χ1v) is 6.98. The number of nitroso groups, excluding NO2 is 1. The highest BCUT2D eigenvalue weighted by molar-refractivity contribution is 5.96. The van der Waals surface area contributed by atoms with Crippen molar-refractivity contribution in [2.75, 3.05) is 6.54 Å². The summed E-state index contributed by atoms with van der Waals surface area (Å²) in [7, 11) is 0. The molecule has 0 spiro atoms. The van der Waals surface area contributed by atoms with Crippen molar-refractivity contribution in [3.05, 3.63) is 40.3 Å². The molecule has 2 rings (SSSR count). The lowest BCUT2D eigenvalue weighted by Crippen LogP contribution is -2.67. The summed E-state index contributed by atoms with van der Waals surface area (Å²) in [5.74, 6) is -0.925. The number of nitrogens with zero attached hydrogens (tertiary/aromatic N) is 3. The molecular formula is C14H17N5O4. The summed E-state index contributed by atoms with van der Waals surface area (Å²) < 4.78 is 0. The topological polar surface area (TPSA) is 125 Å². The molecular weight excluding hydrogens is 302 g/mol. The molecule has 9 heteroatoms. The molecule has 1 aliphatic heterocycles. The van der Waals surface area contributed by atoms with Crippen LogP contribution in [0.3, 0.4) is 0 Å². The predicted octanol–water partition coefficient (Wildman–Crippen LogP) is 0.868. The third kappa shape index (κ3) is 3.89. The second-order valence-electron chi connectivity index (χ2n) is 5.18. The molecule has 1 aromatic carbocycles. The largest absolute Gasteiger partial charge is 0.331 e. The Morgan fingerprint density at radius 2 is 1.96 bits per heavy atom. The monoisotopic (exact) mass is 319 g/mol. The van der Waals surface area contributed by atoms with Crippen LogP contribution < -0.4 is 11.1 Å². The van der Waals surface area contributed by atoms with Gasteiger partial charge in [-0.25, -0.2) is 14.5 Å². The van der Waals surface area contributed by atoms with Gasteiger partial charge in [-0.15, -0.1) is 4.91 Å². The Balaban J connectivity index is 2.10. The minimum atomic E-state index is -0.965. The number of rotatable bonds is 5. The number of carbonyl (C=O) groups excluding carboxylic acids is 3. The third-order valence-electron chi connectivity index (χ3n) is 3.45. The molecule has 1 saturated heterocycles. The number of nitrogens with one attached hydrogen (secondary N) is 1. The van der Waals surface area contributed by atoms with Gasteiger partial charge in [0.2, 0.25) is 0 Å². The van der Waals surface area contributed by atoms with Crippen LogP contribution in [0.2, 0.25) is 0 Å². The van der Waals surface area contributed by atoms with Crippen molar-refractivity contribution in [1.29, 1.82) is 0 Å². The first-order chi connectivity index (χ1) is 10.9. The van der Waals surface area contributed by atoms with Crippen molar-refractivity contribution in [2.45, 2.75) is 26.2 Å². The highest BCUT2D eigenvalue weighted by atomic mass is 16.3. The fraction of sp³-hybridized carbons (Fsp3) is 0.357. The summed E-state index contributed by atoms with van der Waals surface area (Å²) >= 11 is 0. The van der Waals surface area contributed by atoms with Gasteiger partial charge in [-0.1, -0.05) is 29.8 Å². The first kappa shape index (κ1) is 16.6. The van der Waals surface area contributed by atoms with Gasteiger partial charge in [-0.2, -0.15) is 0 Å². The minimum Gasteiger partial charge on any atom is -0.305 e. The summed E-state index contributed by atoms with van der Waals surface area (Å²) in [6, 6.07) is 6.19. The Bertz CT molecular complexity index is 631. The van der Waals surface area contributed by atoms with Crippen LogP contribution in [-0.4, -0.2) is 40.6 Å². The predicted molar refractivity (Wildman–Crippen MR) is 80.8 cm³/mol. The molecule has 1 unspecified atom stereocenters. The van der Waals surface area contributed by atoms with Gasteiger partial charge < -0.3 is 5.32 Å². The summed E-state index contributed by atoms with van der Waals surface area (Å²) in [5, 5.41) is 4.67. The Labute approximate surface area is 132 Å². The van der Waals surface area contributed by atoms with Gasteiger partial charge in [0.1, 0.15) is 0 Å². The molecule has 5 amide bonds. The highest BCUT2D eigenvalue weighted by Crippen LogP contribution is 2.14. The number of hydrogen-bond donors (Lipinski definition) is 2. The van der Waals surface area contributed by atoms with E-state index in [1.54, 1.807) is 0 Å². The maximum atomic E-state index is 12.4. The molecule has 23 heavy (non-hydrogen) atoms. The second-order valence-corrected chi connectivity index (χ2v) is 5.18. The van der Waals surface area contributed by atoms with E-state index in [9.17, 15) is 19.3 Å². The van der Waals surface area contributed by atoms with Crippen molar-refractivity contribution in [1.82, 2.24) is 15.1 Å². The maximum Gasteiger partial charge on any atom is 0.331 e.